The maximum atomic E-state index is 12.5. The molecule has 0 spiro atoms. The third kappa shape index (κ3) is 71.2. The first-order valence-corrected chi connectivity index (χ1v) is 39.3. The van der Waals surface area contributed by atoms with E-state index in [2.05, 4.69) is 43.5 Å². The number of amides is 1. The van der Waals surface area contributed by atoms with Gasteiger partial charge in [-0.15, -0.1) is 0 Å². The molecule has 2 atom stereocenters. The Morgan fingerprint density at radius 2 is 0.581 bits per heavy atom. The molecule has 0 aromatic heterocycles. The van der Waals surface area contributed by atoms with Gasteiger partial charge in [0.05, 0.1) is 25.4 Å². The van der Waals surface area contributed by atoms with Crippen LogP contribution in [0.4, 0.5) is 0 Å². The molecular formula is C80H153NO5. The summed E-state index contributed by atoms with van der Waals surface area (Å²) in [6.45, 7) is 4.95. The van der Waals surface area contributed by atoms with E-state index in [9.17, 15) is 19.8 Å². The quantitative estimate of drug-likeness (QED) is 0.0320. The zero-order valence-electron chi connectivity index (χ0n) is 58.3. The molecule has 6 heteroatoms. The van der Waals surface area contributed by atoms with Crippen LogP contribution in [-0.2, 0) is 14.3 Å². The number of carbonyl (C=O) groups is 2. The fourth-order valence-corrected chi connectivity index (χ4v) is 12.4. The number of nitrogens with one attached hydrogen (secondary N) is 1. The summed E-state index contributed by atoms with van der Waals surface area (Å²) in [7, 11) is 0. The predicted octanol–water partition coefficient (Wildman–Crippen LogP) is 25.8. The van der Waals surface area contributed by atoms with Gasteiger partial charge in [-0.2, -0.15) is 0 Å². The normalized spacial score (nSPS) is 12.7. The average Bonchev–Trinajstić information content (AvgIpc) is 3.58. The molecule has 0 saturated heterocycles. The van der Waals surface area contributed by atoms with Crippen molar-refractivity contribution >= 4 is 11.9 Å². The molecule has 1 amide bonds. The molecule has 0 aliphatic rings. The van der Waals surface area contributed by atoms with Gasteiger partial charge >= 0.3 is 5.97 Å². The minimum absolute atomic E-state index is 0.0230. The van der Waals surface area contributed by atoms with E-state index in [1.165, 1.54) is 366 Å². The molecule has 0 aliphatic carbocycles. The number of aliphatic hydroxyl groups is 2. The molecule has 0 heterocycles. The first kappa shape index (κ1) is 84.1. The zero-order valence-corrected chi connectivity index (χ0v) is 58.3. The second-order valence-electron chi connectivity index (χ2n) is 27.0. The molecule has 0 fully saturated rings. The average molecular weight is 1210 g/mol. The zero-order chi connectivity index (χ0) is 62.0. The Kier molecular flexibility index (Phi) is 73.9. The third-order valence-electron chi connectivity index (χ3n) is 18.4. The van der Waals surface area contributed by atoms with Gasteiger partial charge in [-0.05, 0) is 64.2 Å². The molecular weight excluding hydrogens is 1050 g/mol. The van der Waals surface area contributed by atoms with Crippen LogP contribution in [0.1, 0.15) is 438 Å². The second-order valence-corrected chi connectivity index (χ2v) is 27.0. The van der Waals surface area contributed by atoms with Crippen molar-refractivity contribution in [1.29, 1.82) is 0 Å². The van der Waals surface area contributed by atoms with Crippen molar-refractivity contribution in [3.63, 3.8) is 0 Å². The Bertz CT molecular complexity index is 1390. The van der Waals surface area contributed by atoms with E-state index in [1.807, 2.05) is 6.08 Å². The first-order chi connectivity index (χ1) is 42.5. The Balaban J connectivity index is 3.36. The molecule has 0 bridgehead atoms. The van der Waals surface area contributed by atoms with Crippen LogP contribution in [0.2, 0.25) is 0 Å². The Labute approximate surface area is 538 Å². The van der Waals surface area contributed by atoms with Crippen LogP contribution < -0.4 is 5.32 Å². The lowest BCUT2D eigenvalue weighted by Crippen LogP contribution is -2.45. The number of hydrogen-bond donors (Lipinski definition) is 3. The van der Waals surface area contributed by atoms with Crippen LogP contribution in [-0.4, -0.2) is 47.4 Å². The summed E-state index contributed by atoms with van der Waals surface area (Å²) in [5.74, 6) is -0.0388. The molecule has 0 saturated carbocycles. The topological polar surface area (TPSA) is 95.9 Å². The van der Waals surface area contributed by atoms with E-state index in [4.69, 9.17) is 4.74 Å². The van der Waals surface area contributed by atoms with Crippen molar-refractivity contribution in [3.8, 4) is 0 Å². The number of ether oxygens (including phenoxy) is 1. The lowest BCUT2D eigenvalue weighted by Gasteiger charge is -2.20. The molecule has 6 nitrogen and oxygen atoms in total. The molecule has 3 N–H and O–H groups in total. The lowest BCUT2D eigenvalue weighted by molar-refractivity contribution is -0.143. The maximum absolute atomic E-state index is 12.5. The van der Waals surface area contributed by atoms with Gasteiger partial charge in [0.1, 0.15) is 0 Å². The maximum Gasteiger partial charge on any atom is 0.305 e. The molecule has 0 aromatic carbocycles. The largest absolute Gasteiger partial charge is 0.466 e. The predicted molar refractivity (Wildman–Crippen MR) is 379 cm³/mol. The van der Waals surface area contributed by atoms with Crippen molar-refractivity contribution in [1.82, 2.24) is 5.32 Å². The monoisotopic (exact) mass is 1210 g/mol. The number of unbranched alkanes of at least 4 members (excludes halogenated alkanes) is 59. The van der Waals surface area contributed by atoms with Crippen molar-refractivity contribution in [2.45, 2.75) is 450 Å². The van der Waals surface area contributed by atoms with Crippen LogP contribution in [0, 0.1) is 0 Å². The minimum Gasteiger partial charge on any atom is -0.466 e. The van der Waals surface area contributed by atoms with Crippen LogP contribution in [0.3, 0.4) is 0 Å². The highest BCUT2D eigenvalue weighted by Gasteiger charge is 2.18. The summed E-state index contributed by atoms with van der Waals surface area (Å²) >= 11 is 0. The fraction of sp³-hybridized carbons (Fsp3) is 0.900. The smallest absolute Gasteiger partial charge is 0.305 e. The lowest BCUT2D eigenvalue weighted by atomic mass is 10.0. The third-order valence-corrected chi connectivity index (χ3v) is 18.4. The van der Waals surface area contributed by atoms with Gasteiger partial charge < -0.3 is 20.3 Å². The SMILES string of the molecule is CCCCCCCCCCCCCCCC/C=C/C(O)C(CO)NC(=O)CCCCCCCCCCCCCCCCCCC/C=C\C/C=C\CCCCCCCCCCCCCCCCCOC(=O)CCCCCCCCCCCCCCCC. The number of carbonyl (C=O) groups excluding carboxylic acids is 2. The van der Waals surface area contributed by atoms with Gasteiger partial charge in [-0.3, -0.25) is 9.59 Å². The highest BCUT2D eigenvalue weighted by atomic mass is 16.5. The van der Waals surface area contributed by atoms with Gasteiger partial charge in [0.15, 0.2) is 0 Å². The van der Waals surface area contributed by atoms with Gasteiger partial charge in [0, 0.05) is 12.8 Å². The van der Waals surface area contributed by atoms with E-state index < -0.39 is 12.1 Å². The molecule has 0 aliphatic heterocycles. The summed E-state index contributed by atoms with van der Waals surface area (Å²) in [6.07, 6.45) is 98.4. The number of aliphatic hydroxyl groups excluding tert-OH is 2. The van der Waals surface area contributed by atoms with Crippen molar-refractivity contribution in [3.05, 3.63) is 36.5 Å². The molecule has 508 valence electrons. The Morgan fingerprint density at radius 1 is 0.326 bits per heavy atom. The summed E-state index contributed by atoms with van der Waals surface area (Å²) in [4.78, 5) is 24.6. The van der Waals surface area contributed by atoms with Crippen molar-refractivity contribution in [2.75, 3.05) is 13.2 Å². The highest BCUT2D eigenvalue weighted by molar-refractivity contribution is 5.76. The number of rotatable bonds is 74. The number of allylic oxidation sites excluding steroid dienone is 5. The molecule has 0 rings (SSSR count). The molecule has 0 aromatic rings. The summed E-state index contributed by atoms with van der Waals surface area (Å²) < 4.78 is 5.50. The van der Waals surface area contributed by atoms with E-state index in [0.717, 1.165) is 44.9 Å². The molecule has 0 radical (unpaired) electrons. The van der Waals surface area contributed by atoms with Gasteiger partial charge in [-0.1, -0.05) is 397 Å². The van der Waals surface area contributed by atoms with Crippen LogP contribution in [0.15, 0.2) is 36.5 Å². The van der Waals surface area contributed by atoms with Crippen molar-refractivity contribution in [2.24, 2.45) is 0 Å². The fourth-order valence-electron chi connectivity index (χ4n) is 12.4. The van der Waals surface area contributed by atoms with Crippen molar-refractivity contribution < 1.29 is 24.5 Å². The van der Waals surface area contributed by atoms with Gasteiger partial charge in [0.25, 0.3) is 0 Å². The minimum atomic E-state index is -0.842. The van der Waals surface area contributed by atoms with E-state index >= 15 is 0 Å². The van der Waals surface area contributed by atoms with Gasteiger partial charge in [-0.25, -0.2) is 0 Å². The Hall–Kier alpha value is -1.92. The summed E-state index contributed by atoms with van der Waals surface area (Å²) in [5, 5.41) is 23.2. The molecule has 2 unspecified atom stereocenters. The second kappa shape index (κ2) is 75.5. The van der Waals surface area contributed by atoms with Crippen LogP contribution in [0.5, 0.6) is 0 Å². The first-order valence-electron chi connectivity index (χ1n) is 39.3. The summed E-state index contributed by atoms with van der Waals surface area (Å²) in [6, 6.07) is -0.626. The van der Waals surface area contributed by atoms with Crippen LogP contribution in [0.25, 0.3) is 0 Å². The molecule has 86 heavy (non-hydrogen) atoms. The van der Waals surface area contributed by atoms with Gasteiger partial charge in [0.2, 0.25) is 5.91 Å². The van der Waals surface area contributed by atoms with Crippen LogP contribution >= 0.6 is 0 Å². The van der Waals surface area contributed by atoms with E-state index in [1.54, 1.807) is 6.08 Å². The van der Waals surface area contributed by atoms with E-state index in [-0.39, 0.29) is 18.5 Å². The Morgan fingerprint density at radius 3 is 0.884 bits per heavy atom. The number of hydrogen-bond acceptors (Lipinski definition) is 5. The van der Waals surface area contributed by atoms with E-state index in [0.29, 0.717) is 19.4 Å². The number of esters is 1. The summed E-state index contributed by atoms with van der Waals surface area (Å²) in [5.41, 5.74) is 0. The standard InChI is InChI=1S/C80H153NO5/c1-3-5-7-9-11-13-15-17-19-45-48-52-56-60-64-68-72-78(83)77(76-82)81-79(84)73-69-65-61-57-53-49-46-43-41-39-37-35-33-31-29-27-25-23-21-20-22-24-26-28-30-32-34-36-38-40-42-44-47-51-55-59-63-67-71-75-86-80(85)74-70-66-62-58-54-50-18-16-14-12-10-8-6-4-2/h20-21,24,26,68,72,77-78,82-83H,3-19,22-23,25,27-67,69-71,73-76H2,1-2H3,(H,81,84)/b21-20-,26-24-,72-68+. The highest BCUT2D eigenvalue weighted by Crippen LogP contribution is 2.19.